The van der Waals surface area contributed by atoms with Crippen molar-refractivity contribution in [1.29, 1.82) is 0 Å². The van der Waals surface area contributed by atoms with E-state index in [0.717, 1.165) is 5.56 Å². The van der Waals surface area contributed by atoms with E-state index in [-0.39, 0.29) is 11.3 Å². The molecule has 0 aromatic carbocycles. The van der Waals surface area contributed by atoms with Gasteiger partial charge in [-0.25, -0.2) is 9.78 Å². The van der Waals surface area contributed by atoms with Gasteiger partial charge in [0.25, 0.3) is 5.78 Å². The Balaban J connectivity index is 1.98. The van der Waals surface area contributed by atoms with Gasteiger partial charge in [0.05, 0.1) is 5.69 Å². The minimum absolute atomic E-state index is 0.0131. The Hall–Kier alpha value is -3.55. The predicted octanol–water partition coefficient (Wildman–Crippen LogP) is 1.82. The van der Waals surface area contributed by atoms with Crippen molar-refractivity contribution in [3.8, 4) is 28.4 Å². The molecule has 8 nitrogen and oxygen atoms in total. The second-order valence-electron chi connectivity index (χ2n) is 5.12. The summed E-state index contributed by atoms with van der Waals surface area (Å²) < 4.78 is 6.48. The third-order valence-corrected chi connectivity index (χ3v) is 3.49. The van der Waals surface area contributed by atoms with Gasteiger partial charge in [-0.3, -0.25) is 4.98 Å². The zero-order chi connectivity index (χ0) is 16.7. The number of aryl methyl sites for hydroxylation is 1. The molecule has 0 saturated heterocycles. The molecule has 0 bridgehead atoms. The van der Waals surface area contributed by atoms with Crippen LogP contribution in [0, 0.1) is 6.92 Å². The molecule has 8 heteroatoms. The van der Waals surface area contributed by atoms with E-state index in [9.17, 15) is 9.90 Å². The van der Waals surface area contributed by atoms with Gasteiger partial charge in [-0.1, -0.05) is 0 Å². The fourth-order valence-electron chi connectivity index (χ4n) is 2.44. The summed E-state index contributed by atoms with van der Waals surface area (Å²) in [4.78, 5) is 24.6. The highest BCUT2D eigenvalue weighted by molar-refractivity contribution is 5.67. The number of pyridine rings is 1. The molecule has 0 amide bonds. The zero-order valence-corrected chi connectivity index (χ0v) is 12.5. The van der Waals surface area contributed by atoms with Crippen molar-refractivity contribution >= 4 is 5.78 Å². The summed E-state index contributed by atoms with van der Waals surface area (Å²) in [6, 6.07) is 6.49. The van der Waals surface area contributed by atoms with E-state index >= 15 is 0 Å². The van der Waals surface area contributed by atoms with Gasteiger partial charge in [-0.15, -0.1) is 5.10 Å². The highest BCUT2D eigenvalue weighted by Gasteiger charge is 2.18. The van der Waals surface area contributed by atoms with Crippen molar-refractivity contribution in [2.75, 3.05) is 0 Å². The largest absolute Gasteiger partial charge is 0.507 e. The van der Waals surface area contributed by atoms with Crippen LogP contribution < -0.4 is 5.63 Å². The van der Waals surface area contributed by atoms with Crippen molar-refractivity contribution in [2.45, 2.75) is 6.92 Å². The summed E-state index contributed by atoms with van der Waals surface area (Å²) in [5.74, 6) is 0.881. The lowest BCUT2D eigenvalue weighted by Crippen LogP contribution is -2.08. The van der Waals surface area contributed by atoms with Gasteiger partial charge in [0.2, 0.25) is 0 Å². The highest BCUT2D eigenvalue weighted by atomic mass is 16.4. The average Bonchev–Trinajstić information content (AvgIpc) is 3.00. The molecule has 4 aromatic rings. The zero-order valence-electron chi connectivity index (χ0n) is 12.5. The van der Waals surface area contributed by atoms with Crippen LogP contribution in [-0.4, -0.2) is 29.7 Å². The van der Waals surface area contributed by atoms with E-state index in [1.165, 1.54) is 16.8 Å². The Kier molecular flexibility index (Phi) is 3.09. The van der Waals surface area contributed by atoms with Gasteiger partial charge in [-0.2, -0.15) is 9.50 Å². The van der Waals surface area contributed by atoms with Crippen molar-refractivity contribution in [2.24, 2.45) is 0 Å². The molecule has 0 saturated carbocycles. The Morgan fingerprint density at radius 2 is 1.96 bits per heavy atom. The molecule has 4 aromatic heterocycles. The summed E-state index contributed by atoms with van der Waals surface area (Å²) >= 11 is 0. The van der Waals surface area contributed by atoms with Crippen LogP contribution in [0.1, 0.15) is 5.76 Å². The van der Waals surface area contributed by atoms with Gasteiger partial charge < -0.3 is 9.52 Å². The maximum absolute atomic E-state index is 12.2. The number of hydrogen-bond acceptors (Lipinski definition) is 7. The minimum Gasteiger partial charge on any atom is -0.507 e. The second-order valence-corrected chi connectivity index (χ2v) is 5.12. The van der Waals surface area contributed by atoms with E-state index in [1.54, 1.807) is 37.5 Å². The molecule has 118 valence electrons. The van der Waals surface area contributed by atoms with E-state index in [0.29, 0.717) is 23.1 Å². The lowest BCUT2D eigenvalue weighted by molar-refractivity contribution is 0.437. The van der Waals surface area contributed by atoms with Crippen LogP contribution in [0.25, 0.3) is 28.4 Å². The Morgan fingerprint density at radius 1 is 1.17 bits per heavy atom. The normalized spacial score (nSPS) is 11.0. The Morgan fingerprint density at radius 3 is 2.71 bits per heavy atom. The number of hydrogen-bond donors (Lipinski definition) is 1. The molecule has 0 spiro atoms. The first-order valence-electron chi connectivity index (χ1n) is 7.10. The summed E-state index contributed by atoms with van der Waals surface area (Å²) in [5, 5.41) is 14.5. The predicted molar refractivity (Wildman–Crippen MR) is 84.4 cm³/mol. The summed E-state index contributed by atoms with van der Waals surface area (Å²) in [6.45, 7) is 1.59. The van der Waals surface area contributed by atoms with Crippen LogP contribution in [-0.2, 0) is 0 Å². The first kappa shape index (κ1) is 14.1. The van der Waals surface area contributed by atoms with Crippen LogP contribution in [0.5, 0.6) is 5.75 Å². The van der Waals surface area contributed by atoms with Gasteiger partial charge in [0.15, 0.2) is 5.82 Å². The Bertz CT molecular complexity index is 1100. The molecule has 4 heterocycles. The molecule has 1 N–H and O–H groups in total. The number of fused-ring (bicyclic) bond motifs is 1. The molecule has 0 unspecified atom stereocenters. The highest BCUT2D eigenvalue weighted by Crippen LogP contribution is 2.26. The monoisotopic (exact) mass is 321 g/mol. The Labute approximate surface area is 135 Å². The van der Waals surface area contributed by atoms with Gasteiger partial charge in [0.1, 0.15) is 17.1 Å². The molecular formula is C16H11N5O3. The number of aromatic hydroxyl groups is 1. The molecule has 0 aliphatic heterocycles. The second kappa shape index (κ2) is 5.27. The topological polar surface area (TPSA) is 106 Å². The maximum Gasteiger partial charge on any atom is 0.349 e. The van der Waals surface area contributed by atoms with E-state index in [2.05, 4.69) is 20.1 Å². The summed E-state index contributed by atoms with van der Waals surface area (Å²) in [6.07, 6.45) is 4.76. The molecule has 0 aliphatic carbocycles. The standard InChI is InChI=1S/C16H11N5O3/c1-9-8-12(22)13(15(23)24-9)11-4-7-18-16-19-14(20-21(11)16)10-2-5-17-6-3-10/h2-8,22H,1H3. The smallest absolute Gasteiger partial charge is 0.349 e. The number of aromatic nitrogens is 5. The molecular weight excluding hydrogens is 310 g/mol. The van der Waals surface area contributed by atoms with E-state index in [4.69, 9.17) is 4.42 Å². The number of nitrogens with zero attached hydrogens (tertiary/aromatic N) is 5. The van der Waals surface area contributed by atoms with Crippen molar-refractivity contribution < 1.29 is 9.52 Å². The molecule has 4 rings (SSSR count). The molecule has 0 aliphatic rings. The minimum atomic E-state index is -0.652. The third-order valence-electron chi connectivity index (χ3n) is 3.49. The fraction of sp³-hybridized carbons (Fsp3) is 0.0625. The van der Waals surface area contributed by atoms with Gasteiger partial charge in [0, 0.05) is 30.2 Å². The third kappa shape index (κ3) is 2.21. The fourth-order valence-corrected chi connectivity index (χ4v) is 2.44. The van der Waals surface area contributed by atoms with Crippen LogP contribution in [0.3, 0.4) is 0 Å². The lowest BCUT2D eigenvalue weighted by Gasteiger charge is -2.05. The van der Waals surface area contributed by atoms with Crippen LogP contribution in [0.15, 0.2) is 52.1 Å². The molecule has 24 heavy (non-hydrogen) atoms. The van der Waals surface area contributed by atoms with Gasteiger partial charge in [-0.05, 0) is 25.1 Å². The average molecular weight is 321 g/mol. The van der Waals surface area contributed by atoms with Crippen LogP contribution in [0.2, 0.25) is 0 Å². The van der Waals surface area contributed by atoms with Crippen molar-refractivity contribution in [3.63, 3.8) is 0 Å². The number of rotatable bonds is 2. The van der Waals surface area contributed by atoms with E-state index in [1.807, 2.05) is 0 Å². The SMILES string of the molecule is Cc1cc(O)c(-c2ccnc3nc(-c4ccncc4)nn23)c(=O)o1. The van der Waals surface area contributed by atoms with Crippen LogP contribution in [0.4, 0.5) is 0 Å². The van der Waals surface area contributed by atoms with Crippen molar-refractivity contribution in [3.05, 3.63) is 59.0 Å². The quantitative estimate of drug-likeness (QED) is 0.600. The molecule has 0 radical (unpaired) electrons. The summed E-state index contributed by atoms with van der Waals surface area (Å²) in [5.41, 5.74) is 0.473. The maximum atomic E-state index is 12.2. The first-order valence-corrected chi connectivity index (χ1v) is 7.10. The first-order chi connectivity index (χ1) is 11.6. The van der Waals surface area contributed by atoms with Crippen LogP contribution >= 0.6 is 0 Å². The summed E-state index contributed by atoms with van der Waals surface area (Å²) in [7, 11) is 0. The molecule has 0 fully saturated rings. The lowest BCUT2D eigenvalue weighted by atomic mass is 10.2. The van der Waals surface area contributed by atoms with Gasteiger partial charge >= 0.3 is 5.63 Å². The van der Waals surface area contributed by atoms with Crippen molar-refractivity contribution in [1.82, 2.24) is 24.6 Å². The van der Waals surface area contributed by atoms with E-state index < -0.39 is 5.63 Å². The molecule has 0 atom stereocenters.